The van der Waals surface area contributed by atoms with Crippen LogP contribution in [0.2, 0.25) is 0 Å². The predicted molar refractivity (Wildman–Crippen MR) is 278 cm³/mol. The Hall–Kier alpha value is -7.27. The molecular formula is C62H50FN4OPt-3. The summed E-state index contributed by atoms with van der Waals surface area (Å²) in [6, 6.07) is 69.2. The van der Waals surface area contributed by atoms with E-state index in [9.17, 15) is 4.39 Å². The van der Waals surface area contributed by atoms with E-state index in [1.54, 1.807) is 0 Å². The summed E-state index contributed by atoms with van der Waals surface area (Å²) in [5.74, 6) is 1.66. The molecule has 0 aliphatic carbocycles. The summed E-state index contributed by atoms with van der Waals surface area (Å²) in [6.07, 6.45) is 1.89. The van der Waals surface area contributed by atoms with E-state index in [0.717, 1.165) is 89.3 Å². The van der Waals surface area contributed by atoms with Gasteiger partial charge in [-0.25, -0.2) is 9.37 Å². The average Bonchev–Trinajstić information content (AvgIpc) is 3.90. The van der Waals surface area contributed by atoms with Crippen LogP contribution >= 0.6 is 0 Å². The van der Waals surface area contributed by atoms with E-state index in [-0.39, 0.29) is 37.7 Å². The largest absolute Gasteiger partial charge is 0.509 e. The van der Waals surface area contributed by atoms with Gasteiger partial charge in [0.1, 0.15) is 11.6 Å². The molecule has 1 aliphatic rings. The molecule has 8 aromatic carbocycles. The Labute approximate surface area is 418 Å². The molecule has 0 spiro atoms. The zero-order valence-corrected chi connectivity index (χ0v) is 41.6. The van der Waals surface area contributed by atoms with Crippen LogP contribution in [0, 0.1) is 24.6 Å². The summed E-state index contributed by atoms with van der Waals surface area (Å²) in [7, 11) is 0. The maximum absolute atomic E-state index is 14.3. The van der Waals surface area contributed by atoms with Crippen molar-refractivity contribution in [1.82, 2.24) is 9.55 Å². The minimum Gasteiger partial charge on any atom is -0.509 e. The first kappa shape index (κ1) is 45.5. The molecule has 3 heterocycles. The molecule has 69 heavy (non-hydrogen) atoms. The van der Waals surface area contributed by atoms with Crippen molar-refractivity contribution in [2.24, 2.45) is 0 Å². The number of para-hydroxylation sites is 4. The second-order valence-corrected chi connectivity index (χ2v) is 19.6. The molecular weight excluding hydrogens is 1030 g/mol. The van der Waals surface area contributed by atoms with Crippen molar-refractivity contribution in [2.75, 3.05) is 9.80 Å². The van der Waals surface area contributed by atoms with E-state index < -0.39 is 0 Å². The first-order chi connectivity index (χ1) is 32.9. The van der Waals surface area contributed by atoms with Gasteiger partial charge < -0.3 is 19.1 Å². The van der Waals surface area contributed by atoms with Crippen LogP contribution in [0.25, 0.3) is 61.0 Å². The zero-order valence-electron chi connectivity index (χ0n) is 39.4. The fraction of sp³-hybridized carbons (Fsp3) is 0.129. The molecule has 0 saturated carbocycles. The second kappa shape index (κ2) is 18.0. The molecule has 344 valence electrons. The van der Waals surface area contributed by atoms with Crippen molar-refractivity contribution < 1.29 is 30.2 Å². The number of halogens is 1. The Kier molecular flexibility index (Phi) is 11.9. The van der Waals surface area contributed by atoms with E-state index in [4.69, 9.17) is 9.72 Å². The van der Waals surface area contributed by atoms with Gasteiger partial charge in [0.15, 0.2) is 0 Å². The van der Waals surface area contributed by atoms with Crippen molar-refractivity contribution in [3.8, 4) is 50.7 Å². The minimum absolute atomic E-state index is 0. The van der Waals surface area contributed by atoms with Gasteiger partial charge in [-0.1, -0.05) is 162 Å². The van der Waals surface area contributed by atoms with E-state index in [0.29, 0.717) is 11.5 Å². The fourth-order valence-electron chi connectivity index (χ4n) is 9.42. The number of ether oxygens (including phenoxy) is 1. The number of nitrogens with zero attached hydrogens (tertiary/aromatic N) is 4. The summed E-state index contributed by atoms with van der Waals surface area (Å²) in [5.41, 5.74) is 14.1. The molecule has 0 atom stereocenters. The van der Waals surface area contributed by atoms with E-state index in [1.165, 1.54) is 17.7 Å². The van der Waals surface area contributed by atoms with Crippen LogP contribution in [0.3, 0.4) is 0 Å². The van der Waals surface area contributed by atoms with Gasteiger partial charge in [-0.05, 0) is 92.1 Å². The average molecular weight is 1080 g/mol. The molecule has 0 unspecified atom stereocenters. The van der Waals surface area contributed by atoms with Gasteiger partial charge in [-0.2, -0.15) is 6.07 Å². The number of aromatic nitrogens is 2. The van der Waals surface area contributed by atoms with Gasteiger partial charge in [0.2, 0.25) is 0 Å². The standard InChI is InChI=1S/C62H50FN4O.Pt/c1-61(2,3)46-33-34-64-59(37-46)67-55-20-11-10-17-52(55)53-32-31-49(39-58(53)67)68-50-36-45(43-25-23-42(24-26-43)41-15-8-7-9-16-41)35-48(38-50)65-40-66(57-22-13-12-21-56(57)65)60-51(44-27-29-47(63)30-28-44)18-14-19-54(60)62(4,5)6;/h7-37,40H,1-6H3;/q-3;. The van der Waals surface area contributed by atoms with Crippen LogP contribution in [0.4, 0.5) is 27.1 Å². The van der Waals surface area contributed by atoms with Crippen LogP contribution in [0.15, 0.2) is 188 Å². The Morgan fingerprint density at radius 2 is 1.19 bits per heavy atom. The maximum atomic E-state index is 14.3. The minimum atomic E-state index is -0.266. The van der Waals surface area contributed by atoms with Crippen molar-refractivity contribution in [2.45, 2.75) is 52.4 Å². The van der Waals surface area contributed by atoms with Crippen LogP contribution in [-0.2, 0) is 31.9 Å². The molecule has 0 radical (unpaired) electrons. The molecule has 0 saturated heterocycles. The van der Waals surface area contributed by atoms with E-state index >= 15 is 0 Å². The molecule has 0 N–H and O–H groups in total. The van der Waals surface area contributed by atoms with E-state index in [2.05, 4.69) is 220 Å². The first-order valence-electron chi connectivity index (χ1n) is 23.1. The SMILES string of the molecule is CC(C)(C)c1ccnc(-n2c3[c-]c(Oc4[c-]c(N5[CH-]N(c6c(-c7ccc(F)cc7)cccc6C(C)(C)C)c6ccccc65)cc(-c5ccc(-c6ccccc6)cc5)c4)ccc3c3ccccc32)c1.[Pt]. The number of hydrogen-bond donors (Lipinski definition) is 0. The molecule has 0 fully saturated rings. The molecule has 7 heteroatoms. The molecule has 0 amide bonds. The van der Waals surface area contributed by atoms with Crippen molar-refractivity contribution in [1.29, 1.82) is 0 Å². The maximum Gasteiger partial charge on any atom is 0.135 e. The van der Waals surface area contributed by atoms with Crippen LogP contribution in [-0.4, -0.2) is 9.55 Å². The number of rotatable bonds is 8. The van der Waals surface area contributed by atoms with Crippen molar-refractivity contribution in [3.63, 3.8) is 0 Å². The normalized spacial score (nSPS) is 12.6. The van der Waals surface area contributed by atoms with Crippen molar-refractivity contribution in [3.05, 3.63) is 224 Å². The summed E-state index contributed by atoms with van der Waals surface area (Å²) in [5, 5.41) is 2.18. The quantitative estimate of drug-likeness (QED) is 0.142. The number of anilines is 4. The second-order valence-electron chi connectivity index (χ2n) is 19.6. The van der Waals surface area contributed by atoms with Crippen LogP contribution < -0.4 is 14.5 Å². The summed E-state index contributed by atoms with van der Waals surface area (Å²) >= 11 is 0. The Morgan fingerprint density at radius 3 is 1.91 bits per heavy atom. The van der Waals surface area contributed by atoms with Gasteiger partial charge in [0, 0.05) is 66.9 Å². The Balaban J connectivity index is 0.00000553. The smallest absolute Gasteiger partial charge is 0.135 e. The third kappa shape index (κ3) is 8.64. The van der Waals surface area contributed by atoms with Crippen molar-refractivity contribution >= 4 is 44.6 Å². The topological polar surface area (TPSA) is 33.5 Å². The summed E-state index contributed by atoms with van der Waals surface area (Å²) in [4.78, 5) is 9.36. The van der Waals surface area contributed by atoms with Gasteiger partial charge in [-0.3, -0.25) is 0 Å². The molecule has 2 aromatic heterocycles. The van der Waals surface area contributed by atoms with Crippen LogP contribution in [0.1, 0.15) is 52.7 Å². The molecule has 5 nitrogen and oxygen atoms in total. The fourth-order valence-corrected chi connectivity index (χ4v) is 9.42. The molecule has 11 rings (SSSR count). The summed E-state index contributed by atoms with van der Waals surface area (Å²) in [6.45, 7) is 15.5. The van der Waals surface area contributed by atoms with Gasteiger partial charge in [-0.15, -0.1) is 53.6 Å². The molecule has 10 aromatic rings. The third-order valence-corrected chi connectivity index (χ3v) is 12.9. The number of pyridine rings is 1. The first-order valence-corrected chi connectivity index (χ1v) is 23.1. The zero-order chi connectivity index (χ0) is 46.7. The van der Waals surface area contributed by atoms with Gasteiger partial charge in [0.25, 0.3) is 0 Å². The Morgan fingerprint density at radius 1 is 0.536 bits per heavy atom. The number of benzene rings is 8. The van der Waals surface area contributed by atoms with Crippen LogP contribution in [0.5, 0.6) is 11.5 Å². The number of hydrogen-bond acceptors (Lipinski definition) is 4. The van der Waals surface area contributed by atoms with Gasteiger partial charge >= 0.3 is 0 Å². The third-order valence-electron chi connectivity index (χ3n) is 12.9. The Bertz CT molecular complexity index is 3500. The summed E-state index contributed by atoms with van der Waals surface area (Å²) < 4.78 is 23.5. The number of fused-ring (bicyclic) bond motifs is 4. The predicted octanol–water partition coefficient (Wildman–Crippen LogP) is 16.7. The van der Waals surface area contributed by atoms with E-state index in [1.807, 2.05) is 30.5 Å². The monoisotopic (exact) mass is 1080 g/mol. The molecule has 1 aliphatic heterocycles. The van der Waals surface area contributed by atoms with Gasteiger partial charge in [0.05, 0.1) is 0 Å². The molecule has 0 bridgehead atoms.